The summed E-state index contributed by atoms with van der Waals surface area (Å²) in [5.41, 5.74) is 3.03. The number of anilines is 1. The number of hydrogen-bond donors (Lipinski definition) is 2. The lowest BCUT2D eigenvalue weighted by molar-refractivity contribution is -0.907. The van der Waals surface area contributed by atoms with Crippen molar-refractivity contribution in [2.45, 2.75) is 33.7 Å². The number of nitrogens with one attached hydrogen (secondary N) is 2. The van der Waals surface area contributed by atoms with Gasteiger partial charge in [-0.25, -0.2) is 0 Å². The van der Waals surface area contributed by atoms with Crippen LogP contribution in [0.2, 0.25) is 0 Å². The number of hydrogen-bond acceptors (Lipinski definition) is 5. The Labute approximate surface area is 163 Å². The van der Waals surface area contributed by atoms with Crippen molar-refractivity contribution < 1.29 is 14.1 Å². The van der Waals surface area contributed by atoms with Crippen LogP contribution in [-0.4, -0.2) is 29.2 Å². The summed E-state index contributed by atoms with van der Waals surface area (Å²) in [7, 11) is 0. The molecule has 1 aromatic carbocycles. The van der Waals surface area contributed by atoms with E-state index in [1.54, 1.807) is 11.3 Å². The van der Waals surface area contributed by atoms with Gasteiger partial charge in [0.25, 0.3) is 17.7 Å². The fraction of sp³-hybridized carbons (Fsp3) is 0.350. The Morgan fingerprint density at radius 1 is 1.19 bits per heavy atom. The first kappa shape index (κ1) is 19.3. The molecule has 3 aromatic rings. The Balaban J connectivity index is 1.64. The number of rotatable bonds is 8. The van der Waals surface area contributed by atoms with Crippen LogP contribution >= 0.6 is 11.3 Å². The summed E-state index contributed by atoms with van der Waals surface area (Å²) in [6, 6.07) is 9.91. The molecule has 0 bridgehead atoms. The van der Waals surface area contributed by atoms with E-state index in [9.17, 15) is 4.79 Å². The van der Waals surface area contributed by atoms with Crippen molar-refractivity contribution in [2.75, 3.05) is 18.4 Å². The summed E-state index contributed by atoms with van der Waals surface area (Å²) in [6.45, 7) is 7.86. The monoisotopic (exact) mass is 385 g/mol. The zero-order valence-electron chi connectivity index (χ0n) is 15.9. The third-order valence-corrected chi connectivity index (χ3v) is 5.22. The molecule has 142 valence electrons. The third kappa shape index (κ3) is 5.02. The standard InChI is InChI=1S/C20H24N4O2S/c1-4-10-24(12-17(25)21-19-14(2)7-5-8-15(19)3)13-18-22-23-20(26-18)16-9-6-11-27-16/h5-9,11H,4,10,12-13H2,1-3H3,(H,21,25)/p+1. The number of carbonyl (C=O) groups is 1. The second-order valence-corrected chi connectivity index (χ2v) is 7.59. The van der Waals surface area contributed by atoms with Gasteiger partial charge in [-0.15, -0.1) is 21.5 Å². The molecule has 2 aromatic heterocycles. The first-order valence-corrected chi connectivity index (χ1v) is 10.0. The molecule has 1 amide bonds. The molecule has 6 nitrogen and oxygen atoms in total. The largest absolute Gasteiger partial charge is 0.414 e. The smallest absolute Gasteiger partial charge is 0.279 e. The van der Waals surface area contributed by atoms with Crippen LogP contribution in [0.1, 0.15) is 30.4 Å². The molecule has 0 spiro atoms. The number of nitrogens with zero attached hydrogens (tertiary/aromatic N) is 2. The average molecular weight is 386 g/mol. The average Bonchev–Trinajstić information content (AvgIpc) is 3.30. The number of quaternary nitrogens is 1. The van der Waals surface area contributed by atoms with E-state index in [-0.39, 0.29) is 5.91 Å². The van der Waals surface area contributed by atoms with Crippen LogP contribution < -0.4 is 10.2 Å². The van der Waals surface area contributed by atoms with E-state index in [4.69, 9.17) is 4.42 Å². The maximum Gasteiger partial charge on any atom is 0.279 e. The van der Waals surface area contributed by atoms with E-state index in [0.29, 0.717) is 24.9 Å². The maximum atomic E-state index is 12.6. The van der Waals surface area contributed by atoms with Gasteiger partial charge in [0, 0.05) is 5.69 Å². The minimum atomic E-state index is -0.00570. The highest BCUT2D eigenvalue weighted by Crippen LogP contribution is 2.22. The van der Waals surface area contributed by atoms with Gasteiger partial charge in [-0.1, -0.05) is 31.2 Å². The predicted octanol–water partition coefficient (Wildman–Crippen LogP) is 2.85. The van der Waals surface area contributed by atoms with Crippen LogP contribution in [-0.2, 0) is 11.3 Å². The van der Waals surface area contributed by atoms with Crippen LogP contribution in [0.3, 0.4) is 0 Å². The second kappa shape index (κ2) is 8.92. The number of amides is 1. The molecule has 0 aliphatic rings. The fourth-order valence-electron chi connectivity index (χ4n) is 3.05. The number of benzene rings is 1. The predicted molar refractivity (Wildman–Crippen MR) is 107 cm³/mol. The molecule has 2 heterocycles. The quantitative estimate of drug-likeness (QED) is 0.625. The van der Waals surface area contributed by atoms with Gasteiger partial charge in [0.1, 0.15) is 0 Å². The number of thiophene rings is 1. The number of aryl methyl sites for hydroxylation is 2. The molecular weight excluding hydrogens is 360 g/mol. The van der Waals surface area contributed by atoms with Crippen LogP contribution in [0.15, 0.2) is 40.1 Å². The Bertz CT molecular complexity index is 869. The minimum Gasteiger partial charge on any atom is -0.414 e. The van der Waals surface area contributed by atoms with E-state index < -0.39 is 0 Å². The van der Waals surface area contributed by atoms with Crippen molar-refractivity contribution >= 4 is 22.9 Å². The molecule has 0 aliphatic heterocycles. The highest BCUT2D eigenvalue weighted by Gasteiger charge is 2.19. The minimum absolute atomic E-state index is 0.00570. The van der Waals surface area contributed by atoms with E-state index in [1.165, 1.54) is 0 Å². The van der Waals surface area contributed by atoms with Crippen LogP contribution in [0.4, 0.5) is 5.69 Å². The summed E-state index contributed by atoms with van der Waals surface area (Å²) >= 11 is 1.57. The molecule has 7 heteroatoms. The van der Waals surface area contributed by atoms with Gasteiger partial charge in [0.15, 0.2) is 13.1 Å². The molecule has 27 heavy (non-hydrogen) atoms. The molecule has 0 fully saturated rings. The highest BCUT2D eigenvalue weighted by molar-refractivity contribution is 7.13. The first-order valence-electron chi connectivity index (χ1n) is 9.12. The van der Waals surface area contributed by atoms with Crippen LogP contribution in [0.5, 0.6) is 0 Å². The lowest BCUT2D eigenvalue weighted by Crippen LogP contribution is -3.11. The Morgan fingerprint density at radius 3 is 2.63 bits per heavy atom. The lowest BCUT2D eigenvalue weighted by Gasteiger charge is -2.17. The fourth-order valence-corrected chi connectivity index (χ4v) is 3.70. The van der Waals surface area contributed by atoms with Crippen LogP contribution in [0.25, 0.3) is 10.8 Å². The molecule has 0 saturated heterocycles. The molecule has 1 unspecified atom stereocenters. The van der Waals surface area contributed by atoms with Crippen molar-refractivity contribution in [3.05, 3.63) is 52.7 Å². The molecule has 2 N–H and O–H groups in total. The van der Waals surface area contributed by atoms with E-state index >= 15 is 0 Å². The van der Waals surface area contributed by atoms with E-state index in [1.807, 2.05) is 49.6 Å². The van der Waals surface area contributed by atoms with Gasteiger partial charge >= 0.3 is 0 Å². The van der Waals surface area contributed by atoms with Crippen LogP contribution in [0, 0.1) is 13.8 Å². The van der Waals surface area contributed by atoms with Crippen molar-refractivity contribution in [3.63, 3.8) is 0 Å². The maximum absolute atomic E-state index is 12.6. The molecule has 0 saturated carbocycles. The van der Waals surface area contributed by atoms with Gasteiger partial charge < -0.3 is 14.6 Å². The topological polar surface area (TPSA) is 72.5 Å². The molecule has 1 atom stereocenters. The third-order valence-electron chi connectivity index (χ3n) is 4.36. The molecule has 3 rings (SSSR count). The zero-order valence-corrected chi connectivity index (χ0v) is 16.7. The van der Waals surface area contributed by atoms with Crippen molar-refractivity contribution in [2.24, 2.45) is 0 Å². The normalized spacial score (nSPS) is 12.1. The van der Waals surface area contributed by atoms with Crippen molar-refractivity contribution in [3.8, 4) is 10.8 Å². The molecule has 0 radical (unpaired) electrons. The highest BCUT2D eigenvalue weighted by atomic mass is 32.1. The second-order valence-electron chi connectivity index (χ2n) is 6.65. The SMILES string of the molecule is CCC[NH+](CC(=O)Nc1c(C)cccc1C)Cc1nnc(-c2cccs2)o1. The summed E-state index contributed by atoms with van der Waals surface area (Å²) < 4.78 is 5.78. The van der Waals surface area contributed by atoms with Crippen molar-refractivity contribution in [1.29, 1.82) is 0 Å². The van der Waals surface area contributed by atoms with Gasteiger partial charge in [-0.3, -0.25) is 4.79 Å². The summed E-state index contributed by atoms with van der Waals surface area (Å²) in [5.74, 6) is 1.09. The number of aromatic nitrogens is 2. The zero-order chi connectivity index (χ0) is 19.2. The van der Waals surface area contributed by atoms with Crippen molar-refractivity contribution in [1.82, 2.24) is 10.2 Å². The number of carbonyl (C=O) groups excluding carboxylic acids is 1. The van der Waals surface area contributed by atoms with Gasteiger partial charge in [-0.2, -0.15) is 0 Å². The molecular formula is C20H25N4O2S+. The Kier molecular flexibility index (Phi) is 6.36. The lowest BCUT2D eigenvalue weighted by atomic mass is 10.1. The molecule has 0 aliphatic carbocycles. The Hall–Kier alpha value is -2.51. The van der Waals surface area contributed by atoms with Gasteiger partial charge in [-0.05, 0) is 42.8 Å². The van der Waals surface area contributed by atoms with E-state index in [2.05, 4.69) is 22.4 Å². The summed E-state index contributed by atoms with van der Waals surface area (Å²) in [5, 5.41) is 13.3. The first-order chi connectivity index (χ1) is 13.1. The summed E-state index contributed by atoms with van der Waals surface area (Å²) in [4.78, 5) is 14.6. The van der Waals surface area contributed by atoms with E-state index in [0.717, 1.165) is 39.6 Å². The van der Waals surface area contributed by atoms with Gasteiger partial charge in [0.2, 0.25) is 0 Å². The summed E-state index contributed by atoms with van der Waals surface area (Å²) in [6.07, 6.45) is 0.970. The number of para-hydroxylation sites is 1. The van der Waals surface area contributed by atoms with Gasteiger partial charge in [0.05, 0.1) is 11.4 Å². The Morgan fingerprint density at radius 2 is 1.96 bits per heavy atom.